The van der Waals surface area contributed by atoms with Crippen LogP contribution in [-0.2, 0) is 40.2 Å². The van der Waals surface area contributed by atoms with Gasteiger partial charge in [-0.15, -0.1) is 0 Å². The topological polar surface area (TPSA) is 212 Å². The number of benzene rings is 1. The molecule has 0 aromatic heterocycles. The van der Waals surface area contributed by atoms with Crippen molar-refractivity contribution < 1.29 is 58.0 Å². The summed E-state index contributed by atoms with van der Waals surface area (Å²) in [7, 11) is 0. The van der Waals surface area contributed by atoms with Gasteiger partial charge in [-0.05, 0) is 111 Å². The molecule has 6 atom stereocenters. The van der Waals surface area contributed by atoms with Gasteiger partial charge in [0.15, 0.2) is 0 Å². The van der Waals surface area contributed by atoms with Gasteiger partial charge in [-0.1, -0.05) is 30.3 Å². The van der Waals surface area contributed by atoms with Gasteiger partial charge in [0.05, 0.1) is 37.4 Å². The fraction of sp³-hybridized carbons (Fsp3) is 0.721. The van der Waals surface area contributed by atoms with Crippen molar-refractivity contribution in [2.45, 2.75) is 160 Å². The molecule has 6 aliphatic heterocycles. The van der Waals surface area contributed by atoms with Crippen molar-refractivity contribution in [2.75, 3.05) is 39.4 Å². The number of ether oxygens (including phenoxy) is 2. The monoisotopic (exact) mass is 886 g/mol. The van der Waals surface area contributed by atoms with Crippen molar-refractivity contribution in [1.82, 2.24) is 40.7 Å². The third-order valence-corrected chi connectivity index (χ3v) is 11.9. The predicted molar refractivity (Wildman–Crippen MR) is 224 cm³/mol. The number of carbonyl (C=O) groups excluding carboxylic acids is 6. The Morgan fingerprint density at radius 2 is 1.13 bits per heavy atom. The zero-order valence-electron chi connectivity index (χ0n) is 37.5. The minimum atomic E-state index is -0.658. The summed E-state index contributed by atoms with van der Waals surface area (Å²) in [5.41, 5.74) is 4.75. The Morgan fingerprint density at radius 1 is 0.651 bits per heavy atom. The first-order valence-corrected chi connectivity index (χ1v) is 22.3. The number of hydroxylamine groups is 6. The van der Waals surface area contributed by atoms with Crippen LogP contribution >= 0.6 is 0 Å². The lowest BCUT2D eigenvalue weighted by molar-refractivity contribution is -0.142. The first-order chi connectivity index (χ1) is 29.9. The lowest BCUT2D eigenvalue weighted by Gasteiger charge is -2.36. The van der Waals surface area contributed by atoms with Gasteiger partial charge in [-0.25, -0.2) is 35.2 Å². The number of hydrogen-bond acceptors (Lipinski definition) is 12. The summed E-state index contributed by atoms with van der Waals surface area (Å²) in [5, 5.41) is 11.8. The van der Waals surface area contributed by atoms with Gasteiger partial charge in [0.25, 0.3) is 11.8 Å². The van der Waals surface area contributed by atoms with Crippen molar-refractivity contribution in [3.63, 3.8) is 0 Å². The number of nitrogens with one attached hydrogen (secondary N) is 2. The molecule has 6 fully saturated rings. The number of amides is 8. The van der Waals surface area contributed by atoms with E-state index in [0.717, 1.165) is 44.1 Å². The molecule has 0 unspecified atom stereocenters. The molecule has 8 amide bonds. The van der Waals surface area contributed by atoms with Crippen LogP contribution in [0.15, 0.2) is 30.3 Å². The molecular weight excluding hydrogens is 821 g/mol. The Kier molecular flexibility index (Phi) is 15.6. The molecule has 6 saturated heterocycles. The van der Waals surface area contributed by atoms with Crippen molar-refractivity contribution in [3.8, 4) is 0 Å². The van der Waals surface area contributed by atoms with E-state index in [1.165, 1.54) is 9.96 Å². The molecule has 20 nitrogen and oxygen atoms in total. The number of piperidine rings is 4. The van der Waals surface area contributed by atoms with Crippen LogP contribution in [-0.4, -0.2) is 158 Å². The summed E-state index contributed by atoms with van der Waals surface area (Å²) < 4.78 is 11.0. The van der Waals surface area contributed by atoms with E-state index in [9.17, 15) is 34.0 Å². The maximum absolute atomic E-state index is 12.9. The molecule has 6 heterocycles. The van der Waals surface area contributed by atoms with Gasteiger partial charge < -0.3 is 29.1 Å². The Morgan fingerprint density at radius 3 is 1.63 bits per heavy atom. The van der Waals surface area contributed by atoms with Crippen LogP contribution in [0.3, 0.4) is 0 Å². The highest BCUT2D eigenvalue weighted by Gasteiger charge is 2.49. The summed E-state index contributed by atoms with van der Waals surface area (Å²) in [6.07, 6.45) is 6.79. The smallest absolute Gasteiger partial charge is 0.410 e. The van der Waals surface area contributed by atoms with Gasteiger partial charge in [0.2, 0.25) is 0 Å². The largest absolute Gasteiger partial charge is 0.444 e. The third kappa shape index (κ3) is 12.4. The molecule has 0 saturated carbocycles. The van der Waals surface area contributed by atoms with Gasteiger partial charge in [-0.2, -0.15) is 5.06 Å². The van der Waals surface area contributed by atoms with Crippen LogP contribution in [0.1, 0.15) is 111 Å². The third-order valence-electron chi connectivity index (χ3n) is 11.9. The second-order valence-corrected chi connectivity index (χ2v) is 19.0. The Hall–Kier alpha value is -4.92. The van der Waals surface area contributed by atoms with Crippen LogP contribution in [0.4, 0.5) is 19.2 Å². The van der Waals surface area contributed by atoms with Crippen molar-refractivity contribution in [1.29, 1.82) is 0 Å². The lowest BCUT2D eigenvalue weighted by atomic mass is 10.0. The van der Waals surface area contributed by atoms with E-state index in [4.69, 9.17) is 24.0 Å². The first-order valence-electron chi connectivity index (χ1n) is 22.3. The molecule has 4 bridgehead atoms. The highest BCUT2D eigenvalue weighted by Crippen LogP contribution is 2.31. The average Bonchev–Trinajstić information content (AvgIpc) is 3.61. The van der Waals surface area contributed by atoms with E-state index in [0.29, 0.717) is 63.5 Å². The van der Waals surface area contributed by atoms with Crippen LogP contribution in [0.5, 0.6) is 0 Å². The van der Waals surface area contributed by atoms with E-state index < -0.39 is 35.2 Å². The number of urea groups is 2. The van der Waals surface area contributed by atoms with E-state index in [-0.39, 0.29) is 61.5 Å². The molecule has 0 aliphatic carbocycles. The van der Waals surface area contributed by atoms with Crippen molar-refractivity contribution in [2.24, 2.45) is 0 Å². The van der Waals surface area contributed by atoms with Crippen LogP contribution in [0.2, 0.25) is 0 Å². The molecule has 350 valence electrons. The molecule has 6 aliphatic rings. The molecule has 7 rings (SSSR count). The van der Waals surface area contributed by atoms with Crippen LogP contribution in [0, 0.1) is 0 Å². The van der Waals surface area contributed by atoms with E-state index >= 15 is 0 Å². The zero-order chi connectivity index (χ0) is 45.5. The zero-order valence-corrected chi connectivity index (χ0v) is 37.5. The number of rotatable bonds is 11. The van der Waals surface area contributed by atoms with Gasteiger partial charge >= 0.3 is 24.2 Å². The van der Waals surface area contributed by atoms with Gasteiger partial charge in [0, 0.05) is 26.2 Å². The molecule has 63 heavy (non-hydrogen) atoms. The molecular formula is C43H66N8O12. The Balaban J connectivity index is 0.000000215. The maximum atomic E-state index is 12.9. The van der Waals surface area contributed by atoms with Crippen LogP contribution in [0.25, 0.3) is 0 Å². The molecule has 0 radical (unpaired) electrons. The fourth-order valence-corrected chi connectivity index (χ4v) is 8.74. The fourth-order valence-electron chi connectivity index (χ4n) is 8.74. The number of fused-ring (bicyclic) bond motifs is 4. The number of likely N-dealkylation sites (tertiary alicyclic amines) is 2. The second-order valence-electron chi connectivity index (χ2n) is 19.0. The van der Waals surface area contributed by atoms with E-state index in [1.807, 2.05) is 71.9 Å². The summed E-state index contributed by atoms with van der Waals surface area (Å²) in [5.74, 6) is -0.775. The molecule has 0 spiro atoms. The van der Waals surface area contributed by atoms with E-state index in [2.05, 4.69) is 11.0 Å². The Bertz CT molecular complexity index is 1780. The summed E-state index contributed by atoms with van der Waals surface area (Å²) in [6, 6.07) is 6.86. The van der Waals surface area contributed by atoms with Gasteiger partial charge in [0.1, 0.15) is 29.9 Å². The van der Waals surface area contributed by atoms with Crippen molar-refractivity contribution >= 4 is 36.1 Å². The molecule has 1 aromatic rings. The van der Waals surface area contributed by atoms with Crippen LogP contribution < -0.4 is 11.0 Å². The molecule has 1 aromatic carbocycles. The SMILES string of the molecule is CC(C)(C)OC(=O)N1CCCC[C@H]1CONC(=O)[C@@H]1CC[C@@H]2CN1C(=O)N2O.CC(C)(C)OC(=O)N1CCCC[C@H]1CONC(=O)[C@@H]1CC[C@@H]2CN1C(=O)N2OCc1ccccc1. The number of hydrogen-bond donors (Lipinski definition) is 3. The highest BCUT2D eigenvalue weighted by molar-refractivity contribution is 5.88. The quantitative estimate of drug-likeness (QED) is 0.204. The summed E-state index contributed by atoms with van der Waals surface area (Å²) in [6.45, 7) is 13.6. The standard InChI is InChI=1S/C25H36N4O6.C18H30N4O6/c1-25(2,3)35-24(32)27-14-8-7-11-20(27)17-33-26-22(30)21-13-12-19-15-28(21)23(31)29(19)34-16-18-9-5-4-6-10-18;1-18(2,3)28-17(25)20-9-5-4-6-13(20)11-27-19-15(23)14-8-7-12-10-21(14)16(24)22(12)26/h4-6,9-10,19-21H,7-8,11-17H2,1-3H3,(H,26,30);12-14,26H,4-11H2,1-3H3,(H,19,23)/t19-,20+,21+;12-,13+,14+/m11/s1. The molecule has 20 heteroatoms. The van der Waals surface area contributed by atoms with Gasteiger partial charge in [-0.3, -0.25) is 29.3 Å². The number of carbonyl (C=O) groups is 6. The lowest BCUT2D eigenvalue weighted by Crippen LogP contribution is -2.52. The predicted octanol–water partition coefficient (Wildman–Crippen LogP) is 4.71. The highest BCUT2D eigenvalue weighted by atomic mass is 16.7. The second kappa shape index (κ2) is 20.7. The normalized spacial score (nSPS) is 26.0. The van der Waals surface area contributed by atoms with E-state index in [1.54, 1.807) is 14.7 Å². The number of nitrogens with zero attached hydrogens (tertiary/aromatic N) is 6. The molecule has 3 N–H and O–H groups in total. The Labute approximate surface area is 369 Å². The maximum Gasteiger partial charge on any atom is 0.410 e. The summed E-state index contributed by atoms with van der Waals surface area (Å²) >= 11 is 0. The van der Waals surface area contributed by atoms with Crippen molar-refractivity contribution in [3.05, 3.63) is 35.9 Å². The summed E-state index contributed by atoms with van der Waals surface area (Å²) in [4.78, 5) is 98.2. The minimum absolute atomic E-state index is 0.0687. The average molecular weight is 887 g/mol. The first kappa shape index (κ1) is 47.6. The minimum Gasteiger partial charge on any atom is -0.444 e.